The van der Waals surface area contributed by atoms with Gasteiger partial charge in [0.15, 0.2) is 0 Å². The maximum atomic E-state index is 6.38. The largest absolute Gasteiger partial charge is 0.501 e. The predicted molar refractivity (Wildman–Crippen MR) is 240 cm³/mol. The zero-order chi connectivity index (χ0) is 39.4. The van der Waals surface area contributed by atoms with Gasteiger partial charge in [-0.1, -0.05) is 167 Å². The topological polar surface area (TPSA) is 38.9 Å². The molecule has 0 saturated carbocycles. The molecule has 0 fully saturated rings. The van der Waals surface area contributed by atoms with Crippen LogP contribution in [0.3, 0.4) is 0 Å². The zero-order valence-electron chi connectivity index (χ0n) is 34.4. The molecular weight excluding hydrogens is 889 g/mol. The Labute approximate surface area is 354 Å². The molecule has 0 aliphatic rings. The van der Waals surface area contributed by atoms with Crippen LogP contribution in [0.1, 0.15) is 69.1 Å². The Morgan fingerprint density at radius 1 is 0.702 bits per heavy atom. The van der Waals surface area contributed by atoms with Gasteiger partial charge in [0.25, 0.3) is 0 Å². The van der Waals surface area contributed by atoms with E-state index in [9.17, 15) is 0 Å². The van der Waals surface area contributed by atoms with Crippen molar-refractivity contribution >= 4 is 35.2 Å². The number of pyridine rings is 2. The summed E-state index contributed by atoms with van der Waals surface area (Å²) in [6.07, 6.45) is 6.28. The summed E-state index contributed by atoms with van der Waals surface area (Å²) in [5.41, 5.74) is 14.5. The van der Waals surface area contributed by atoms with Gasteiger partial charge < -0.3 is 14.4 Å². The summed E-state index contributed by atoms with van der Waals surface area (Å²) in [6.45, 7) is 18.3. The van der Waals surface area contributed by atoms with Crippen molar-refractivity contribution in [2.75, 3.05) is 0 Å². The van der Waals surface area contributed by atoms with Gasteiger partial charge in [-0.2, -0.15) is 0 Å². The van der Waals surface area contributed by atoms with Crippen LogP contribution in [-0.2, 0) is 20.1 Å². The smallest absolute Gasteiger partial charge is 0.121 e. The van der Waals surface area contributed by atoms with Crippen molar-refractivity contribution in [3.8, 4) is 44.8 Å². The minimum atomic E-state index is -1.41. The summed E-state index contributed by atoms with van der Waals surface area (Å²) in [7, 11) is -1.41. The standard InChI is InChI=1S/C28H24NO.C24H28NSi.Ir/c1-3-19(4-2)22-15-16-29-26(17-22)25-12-8-11-24-23-14-13-21(18-27(23)30-28(24)25)20-9-6-5-7-10-20;1-17(2)21-15-23(25-16-24(21)26(4,5)6)20-13-12-18(3)22(14-20)19-10-8-7-9-11-19;/h5-11,13-19H,3-4H2,1-2H3;7-12,14-17H,1-6H3;/q2*-1;. The number of rotatable bonds is 9. The first-order valence-electron chi connectivity index (χ1n) is 20.0. The van der Waals surface area contributed by atoms with Crippen molar-refractivity contribution in [2.45, 2.75) is 78.9 Å². The fraction of sp³-hybridized carbons (Fsp3) is 0.231. The van der Waals surface area contributed by atoms with Gasteiger partial charge in [-0.15, -0.1) is 47.5 Å². The van der Waals surface area contributed by atoms with Gasteiger partial charge in [0.05, 0.1) is 13.7 Å². The molecule has 8 rings (SSSR count). The van der Waals surface area contributed by atoms with Crippen LogP contribution in [0.4, 0.5) is 0 Å². The maximum absolute atomic E-state index is 6.38. The number of furan rings is 1. The molecule has 57 heavy (non-hydrogen) atoms. The number of fused-ring (bicyclic) bond motifs is 3. The van der Waals surface area contributed by atoms with Crippen LogP contribution in [-0.4, -0.2) is 18.0 Å². The van der Waals surface area contributed by atoms with Crippen molar-refractivity contribution in [1.82, 2.24) is 9.97 Å². The Morgan fingerprint density at radius 2 is 1.40 bits per heavy atom. The molecule has 3 aromatic heterocycles. The van der Waals surface area contributed by atoms with Gasteiger partial charge in [0, 0.05) is 37.9 Å². The van der Waals surface area contributed by atoms with Crippen molar-refractivity contribution in [2.24, 2.45) is 0 Å². The van der Waals surface area contributed by atoms with Crippen LogP contribution < -0.4 is 5.19 Å². The fourth-order valence-corrected chi connectivity index (χ4v) is 9.38. The first-order valence-corrected chi connectivity index (χ1v) is 23.5. The third-order valence-electron chi connectivity index (χ3n) is 10.9. The summed E-state index contributed by atoms with van der Waals surface area (Å²) in [5.74, 6) is 1.05. The molecule has 291 valence electrons. The Balaban J connectivity index is 0.000000192. The third kappa shape index (κ3) is 9.13. The summed E-state index contributed by atoms with van der Waals surface area (Å²) in [5, 5.41) is 3.69. The Morgan fingerprint density at radius 3 is 2.07 bits per heavy atom. The van der Waals surface area contributed by atoms with Gasteiger partial charge >= 0.3 is 0 Å². The van der Waals surface area contributed by atoms with E-state index in [2.05, 4.69) is 187 Å². The SMILES string of the molecule is CCC(CC)c1ccnc(-c2[c-]ccc3c2oc2cc(-c4ccccc4)ccc23)c1.Cc1c[c-]c(-c2cc(C(C)C)c([Si](C)(C)C)cn2)cc1-c1ccccc1.[Ir]. The van der Waals surface area contributed by atoms with Crippen LogP contribution in [0.25, 0.3) is 66.7 Å². The normalized spacial score (nSPS) is 11.5. The van der Waals surface area contributed by atoms with E-state index in [0.717, 1.165) is 62.9 Å². The molecule has 0 aliphatic heterocycles. The summed E-state index contributed by atoms with van der Waals surface area (Å²) in [4.78, 5) is 9.48. The second kappa shape index (κ2) is 18.1. The molecule has 0 spiro atoms. The van der Waals surface area contributed by atoms with Crippen molar-refractivity contribution in [3.63, 3.8) is 0 Å². The van der Waals surface area contributed by atoms with Crippen molar-refractivity contribution in [1.29, 1.82) is 0 Å². The second-order valence-electron chi connectivity index (χ2n) is 16.1. The van der Waals surface area contributed by atoms with Gasteiger partial charge in [0.1, 0.15) is 5.58 Å². The van der Waals surface area contributed by atoms with Gasteiger partial charge in [-0.25, -0.2) is 0 Å². The Hall–Kier alpha value is -4.93. The van der Waals surface area contributed by atoms with Crippen LogP contribution in [0.15, 0.2) is 138 Å². The average Bonchev–Trinajstić information content (AvgIpc) is 3.60. The molecular formula is C52H52IrN2OSi-2. The van der Waals surface area contributed by atoms with E-state index in [-0.39, 0.29) is 20.1 Å². The number of nitrogens with zero attached hydrogens (tertiary/aromatic N) is 2. The van der Waals surface area contributed by atoms with Gasteiger partial charge in [-0.05, 0) is 70.1 Å². The summed E-state index contributed by atoms with van der Waals surface area (Å²) < 4.78 is 6.38. The first-order chi connectivity index (χ1) is 27.0. The van der Waals surface area contributed by atoms with E-state index in [1.807, 2.05) is 18.3 Å². The molecule has 8 aromatic rings. The molecule has 0 aliphatic carbocycles. The number of aromatic nitrogens is 2. The number of aryl methyl sites for hydroxylation is 1. The van der Waals surface area contributed by atoms with E-state index in [0.29, 0.717) is 11.8 Å². The van der Waals surface area contributed by atoms with Crippen LogP contribution in [0.5, 0.6) is 0 Å². The van der Waals surface area contributed by atoms with E-state index >= 15 is 0 Å². The first kappa shape index (κ1) is 41.7. The minimum absolute atomic E-state index is 0. The van der Waals surface area contributed by atoms with Gasteiger partial charge in [0.2, 0.25) is 0 Å². The fourth-order valence-electron chi connectivity index (χ4n) is 7.70. The third-order valence-corrected chi connectivity index (χ3v) is 13.0. The molecule has 5 heteroatoms. The van der Waals surface area contributed by atoms with Crippen LogP contribution >= 0.6 is 0 Å². The summed E-state index contributed by atoms with van der Waals surface area (Å²) >= 11 is 0. The van der Waals surface area contributed by atoms with Crippen molar-refractivity contribution in [3.05, 3.63) is 163 Å². The molecule has 3 heterocycles. The van der Waals surface area contributed by atoms with Crippen LogP contribution in [0.2, 0.25) is 19.6 Å². The Bertz CT molecular complexity index is 2580. The zero-order valence-corrected chi connectivity index (χ0v) is 37.8. The van der Waals surface area contributed by atoms with E-state index in [1.165, 1.54) is 38.6 Å². The maximum Gasteiger partial charge on any atom is 0.121 e. The van der Waals surface area contributed by atoms with E-state index in [4.69, 9.17) is 9.40 Å². The monoisotopic (exact) mass is 941 g/mol. The second-order valence-corrected chi connectivity index (χ2v) is 21.2. The molecule has 3 nitrogen and oxygen atoms in total. The molecule has 0 atom stereocenters. The van der Waals surface area contributed by atoms with Crippen LogP contribution in [0, 0.1) is 19.1 Å². The molecule has 0 unspecified atom stereocenters. The van der Waals surface area contributed by atoms with Crippen molar-refractivity contribution < 1.29 is 24.5 Å². The van der Waals surface area contributed by atoms with Gasteiger partial charge in [-0.3, -0.25) is 0 Å². The number of hydrogen-bond acceptors (Lipinski definition) is 3. The minimum Gasteiger partial charge on any atom is -0.501 e. The molecule has 0 bridgehead atoms. The molecule has 5 aromatic carbocycles. The summed E-state index contributed by atoms with van der Waals surface area (Å²) in [6, 6.07) is 49.2. The molecule has 0 amide bonds. The average molecular weight is 941 g/mol. The van der Waals surface area contributed by atoms with E-state index < -0.39 is 8.07 Å². The Kier molecular flexibility index (Phi) is 13.2. The quantitative estimate of drug-likeness (QED) is 0.107. The number of hydrogen-bond donors (Lipinski definition) is 0. The van der Waals surface area contributed by atoms with E-state index in [1.54, 1.807) is 0 Å². The number of benzene rings is 5. The predicted octanol–water partition coefficient (Wildman–Crippen LogP) is 14.2. The molecule has 0 saturated heterocycles. The molecule has 1 radical (unpaired) electrons. The molecule has 0 N–H and O–H groups in total.